The van der Waals surface area contributed by atoms with Crippen LogP contribution in [0.1, 0.15) is 33.1 Å². The largest absolute Gasteiger partial charge is 0.377 e. The van der Waals surface area contributed by atoms with Crippen molar-refractivity contribution >= 4 is 0 Å². The lowest BCUT2D eigenvalue weighted by Crippen LogP contribution is -2.43. The molecule has 2 rings (SSSR count). The Balaban J connectivity index is 2.01. The van der Waals surface area contributed by atoms with Gasteiger partial charge in [0.15, 0.2) is 0 Å². The summed E-state index contributed by atoms with van der Waals surface area (Å²) in [5.74, 6) is 0.223. The summed E-state index contributed by atoms with van der Waals surface area (Å²) in [7, 11) is 0. The van der Waals surface area contributed by atoms with Crippen LogP contribution in [-0.2, 0) is 4.74 Å². The molecule has 84 valence electrons. The Labute approximate surface area is 92.0 Å². The van der Waals surface area contributed by atoms with Crippen LogP contribution in [0.25, 0.3) is 0 Å². The average molecular weight is 208 g/mol. The first-order valence-corrected chi connectivity index (χ1v) is 5.92. The van der Waals surface area contributed by atoms with Crippen LogP contribution in [0.3, 0.4) is 0 Å². The van der Waals surface area contributed by atoms with Crippen LogP contribution in [0.15, 0.2) is 0 Å². The first-order chi connectivity index (χ1) is 7.16. The second-order valence-corrected chi connectivity index (χ2v) is 5.16. The number of rotatable bonds is 3. The van der Waals surface area contributed by atoms with E-state index in [9.17, 15) is 0 Å². The van der Waals surface area contributed by atoms with E-state index in [2.05, 4.69) is 24.8 Å². The van der Waals surface area contributed by atoms with Gasteiger partial charge in [-0.15, -0.1) is 0 Å². The lowest BCUT2D eigenvalue weighted by molar-refractivity contribution is 0.00299. The Bertz CT molecular complexity index is 271. The molecule has 2 heterocycles. The van der Waals surface area contributed by atoms with Crippen molar-refractivity contribution in [2.24, 2.45) is 5.92 Å². The van der Waals surface area contributed by atoms with Crippen LogP contribution < -0.4 is 0 Å². The zero-order valence-corrected chi connectivity index (χ0v) is 9.70. The van der Waals surface area contributed by atoms with Crippen LogP contribution in [0, 0.1) is 17.2 Å². The predicted molar refractivity (Wildman–Crippen MR) is 58.3 cm³/mol. The number of hydrogen-bond donors (Lipinski definition) is 0. The van der Waals surface area contributed by atoms with Crippen LogP contribution in [0.2, 0.25) is 0 Å². The number of nitrogens with zero attached hydrogens (tertiary/aromatic N) is 2. The molecule has 0 bridgehead atoms. The van der Waals surface area contributed by atoms with E-state index in [1.165, 1.54) is 12.8 Å². The molecule has 2 aliphatic rings. The zero-order valence-electron chi connectivity index (χ0n) is 9.70. The van der Waals surface area contributed by atoms with E-state index in [-0.39, 0.29) is 11.5 Å². The molecule has 0 amide bonds. The molecule has 3 nitrogen and oxygen atoms in total. The van der Waals surface area contributed by atoms with Gasteiger partial charge in [0.1, 0.15) is 0 Å². The summed E-state index contributed by atoms with van der Waals surface area (Å²) < 4.78 is 5.77. The van der Waals surface area contributed by atoms with Crippen LogP contribution >= 0.6 is 0 Å². The minimum absolute atomic E-state index is 0.199. The quantitative estimate of drug-likeness (QED) is 0.709. The molecule has 0 unspecified atom stereocenters. The fraction of sp³-hybridized carbons (Fsp3) is 0.917. The third-order valence-corrected chi connectivity index (χ3v) is 3.68. The Morgan fingerprint density at radius 3 is 3.07 bits per heavy atom. The van der Waals surface area contributed by atoms with E-state index < -0.39 is 0 Å². The summed E-state index contributed by atoms with van der Waals surface area (Å²) in [4.78, 5) is 2.48. The van der Waals surface area contributed by atoms with E-state index >= 15 is 0 Å². The normalized spacial score (nSPS) is 35.7. The minimum Gasteiger partial charge on any atom is -0.377 e. The van der Waals surface area contributed by atoms with Gasteiger partial charge in [-0.3, -0.25) is 4.90 Å². The van der Waals surface area contributed by atoms with Gasteiger partial charge in [0, 0.05) is 12.1 Å². The first kappa shape index (κ1) is 10.9. The highest BCUT2D eigenvalue weighted by Crippen LogP contribution is 2.41. The molecule has 0 aromatic carbocycles. The highest BCUT2D eigenvalue weighted by Gasteiger charge is 2.48. The van der Waals surface area contributed by atoms with Crippen molar-refractivity contribution in [3.63, 3.8) is 0 Å². The topological polar surface area (TPSA) is 36.3 Å². The Kier molecular flexibility index (Phi) is 2.99. The van der Waals surface area contributed by atoms with Gasteiger partial charge < -0.3 is 4.74 Å². The number of ether oxygens (including phenoxy) is 1. The molecule has 0 aromatic heterocycles. The molecule has 0 aliphatic carbocycles. The van der Waals surface area contributed by atoms with Gasteiger partial charge >= 0.3 is 0 Å². The maximum Gasteiger partial charge on any atom is 0.0670 e. The lowest BCUT2D eigenvalue weighted by atomic mass is 9.91. The van der Waals surface area contributed by atoms with Crippen molar-refractivity contribution < 1.29 is 4.74 Å². The van der Waals surface area contributed by atoms with Crippen LogP contribution in [-0.4, -0.2) is 36.2 Å². The number of hydrogen-bond acceptors (Lipinski definition) is 3. The van der Waals surface area contributed by atoms with E-state index in [1.54, 1.807) is 0 Å². The third kappa shape index (κ3) is 2.02. The summed E-state index contributed by atoms with van der Waals surface area (Å²) in [6.07, 6.45) is 3.77. The summed E-state index contributed by atoms with van der Waals surface area (Å²) >= 11 is 0. The molecule has 2 atom stereocenters. The Morgan fingerprint density at radius 1 is 1.60 bits per heavy atom. The van der Waals surface area contributed by atoms with Crippen LogP contribution in [0.4, 0.5) is 0 Å². The van der Waals surface area contributed by atoms with Gasteiger partial charge in [0.2, 0.25) is 0 Å². The Hall–Kier alpha value is -0.590. The zero-order chi connectivity index (χ0) is 10.9. The molecular formula is C12H20N2O. The standard InChI is InChI=1S/C12H20N2O/c1-10(2)15-9-12-4-3-5-14(12)8-11(6-12)7-13/h10-11H,3-6,8-9H2,1-2H3/t11-,12-/m1/s1. The highest BCUT2D eigenvalue weighted by molar-refractivity contribution is 5.08. The molecule has 0 saturated carbocycles. The fourth-order valence-corrected chi connectivity index (χ4v) is 2.93. The molecule has 0 N–H and O–H groups in total. The molecule has 2 fully saturated rings. The fourth-order valence-electron chi connectivity index (χ4n) is 2.93. The third-order valence-electron chi connectivity index (χ3n) is 3.68. The van der Waals surface area contributed by atoms with Crippen molar-refractivity contribution in [3.05, 3.63) is 0 Å². The predicted octanol–water partition coefficient (Wildman–Crippen LogP) is 1.79. The number of fused-ring (bicyclic) bond motifs is 1. The maximum absolute atomic E-state index is 9.00. The molecule has 0 radical (unpaired) electrons. The average Bonchev–Trinajstić information content (AvgIpc) is 2.70. The molecule has 2 aliphatic heterocycles. The summed E-state index contributed by atoms with van der Waals surface area (Å²) in [5, 5.41) is 9.00. The monoisotopic (exact) mass is 208 g/mol. The summed E-state index contributed by atoms with van der Waals surface area (Å²) in [5.41, 5.74) is 0.199. The number of nitriles is 1. The van der Waals surface area contributed by atoms with Crippen molar-refractivity contribution in [2.45, 2.75) is 44.8 Å². The van der Waals surface area contributed by atoms with Gasteiger partial charge in [0.25, 0.3) is 0 Å². The molecule has 2 saturated heterocycles. The molecule has 3 heteroatoms. The van der Waals surface area contributed by atoms with Crippen molar-refractivity contribution in [3.8, 4) is 6.07 Å². The van der Waals surface area contributed by atoms with Crippen molar-refractivity contribution in [2.75, 3.05) is 19.7 Å². The van der Waals surface area contributed by atoms with E-state index in [4.69, 9.17) is 10.00 Å². The van der Waals surface area contributed by atoms with E-state index in [0.29, 0.717) is 6.10 Å². The molecule has 15 heavy (non-hydrogen) atoms. The summed E-state index contributed by atoms with van der Waals surface area (Å²) in [6, 6.07) is 2.41. The van der Waals surface area contributed by atoms with E-state index in [0.717, 1.165) is 26.1 Å². The van der Waals surface area contributed by atoms with Gasteiger partial charge in [0.05, 0.1) is 24.7 Å². The second-order valence-electron chi connectivity index (χ2n) is 5.16. The lowest BCUT2D eigenvalue weighted by Gasteiger charge is -2.32. The smallest absolute Gasteiger partial charge is 0.0670 e. The maximum atomic E-state index is 9.00. The van der Waals surface area contributed by atoms with Crippen LogP contribution in [0.5, 0.6) is 0 Å². The second kappa shape index (κ2) is 4.11. The Morgan fingerprint density at radius 2 is 2.40 bits per heavy atom. The van der Waals surface area contributed by atoms with Crippen molar-refractivity contribution in [1.29, 1.82) is 5.26 Å². The minimum atomic E-state index is 0.199. The van der Waals surface area contributed by atoms with Gasteiger partial charge in [-0.1, -0.05) is 0 Å². The van der Waals surface area contributed by atoms with E-state index in [1.807, 2.05) is 0 Å². The van der Waals surface area contributed by atoms with Gasteiger partial charge in [-0.05, 0) is 39.7 Å². The SMILES string of the molecule is CC(C)OC[C@]12CCCN1C[C@@H](C#N)C2. The molecular weight excluding hydrogens is 188 g/mol. The molecule has 0 spiro atoms. The highest BCUT2D eigenvalue weighted by atomic mass is 16.5. The van der Waals surface area contributed by atoms with Crippen molar-refractivity contribution in [1.82, 2.24) is 4.90 Å². The van der Waals surface area contributed by atoms with Gasteiger partial charge in [-0.2, -0.15) is 5.26 Å². The molecule has 0 aromatic rings. The first-order valence-electron chi connectivity index (χ1n) is 5.92. The van der Waals surface area contributed by atoms with Gasteiger partial charge in [-0.25, -0.2) is 0 Å². The summed E-state index contributed by atoms with van der Waals surface area (Å²) in [6.45, 7) is 7.07.